The minimum absolute atomic E-state index is 0.0149. The number of imidazole rings is 2. The number of benzene rings is 2. The molecule has 0 saturated carbocycles. The van der Waals surface area contributed by atoms with Gasteiger partial charge in [0.05, 0.1) is 17.4 Å². The van der Waals surface area contributed by atoms with Crippen LogP contribution >= 0.6 is 0 Å². The van der Waals surface area contributed by atoms with Crippen molar-refractivity contribution in [2.75, 3.05) is 11.9 Å². The maximum Gasteiger partial charge on any atom is 0.408 e. The zero-order valence-electron chi connectivity index (χ0n) is 19.7. The molecular weight excluding hydrogens is 488 g/mol. The average Bonchev–Trinajstić information content (AvgIpc) is 3.46. The molecule has 0 unspecified atom stereocenters. The van der Waals surface area contributed by atoms with Crippen molar-refractivity contribution in [1.82, 2.24) is 24.8 Å². The molecule has 0 radical (unpaired) electrons. The van der Waals surface area contributed by atoms with Gasteiger partial charge in [0.2, 0.25) is 11.9 Å². The fourth-order valence-corrected chi connectivity index (χ4v) is 4.03. The van der Waals surface area contributed by atoms with Crippen LogP contribution in [0.25, 0.3) is 16.7 Å². The molecule has 0 aliphatic heterocycles. The first-order valence-electron chi connectivity index (χ1n) is 10.8. The zero-order valence-corrected chi connectivity index (χ0v) is 20.5. The third-order valence-corrected chi connectivity index (χ3v) is 5.90. The largest absolute Gasteiger partial charge is 0.444 e. The first-order chi connectivity index (χ1) is 17.0. The van der Waals surface area contributed by atoms with Crippen molar-refractivity contribution >= 4 is 39.1 Å². The lowest BCUT2D eigenvalue weighted by atomic mass is 10.2. The molecule has 0 saturated heterocycles. The van der Waals surface area contributed by atoms with Gasteiger partial charge in [-0.3, -0.25) is 10.1 Å². The number of aromatic amines is 1. The smallest absolute Gasteiger partial charge is 0.408 e. The van der Waals surface area contributed by atoms with E-state index < -0.39 is 27.7 Å². The van der Waals surface area contributed by atoms with Crippen molar-refractivity contribution in [3.8, 4) is 11.4 Å². The van der Waals surface area contributed by atoms with E-state index in [9.17, 15) is 18.0 Å². The molecule has 0 fully saturated rings. The topological polar surface area (TPSA) is 157 Å². The highest BCUT2D eigenvalue weighted by molar-refractivity contribution is 7.87. The number of amides is 2. The Morgan fingerprint density at radius 3 is 2.53 bits per heavy atom. The summed E-state index contributed by atoms with van der Waals surface area (Å²) in [5, 5.41) is 4.87. The number of aromatic nitrogens is 4. The van der Waals surface area contributed by atoms with Gasteiger partial charge in [-0.25, -0.2) is 14.8 Å². The van der Waals surface area contributed by atoms with Crippen LogP contribution in [-0.4, -0.2) is 52.1 Å². The van der Waals surface area contributed by atoms with Crippen LogP contribution in [0.4, 0.5) is 10.7 Å². The molecule has 0 bridgehead atoms. The molecule has 0 atom stereocenters. The van der Waals surface area contributed by atoms with Crippen LogP contribution in [0.15, 0.2) is 66.1 Å². The van der Waals surface area contributed by atoms with E-state index in [1.54, 1.807) is 62.3 Å². The summed E-state index contributed by atoms with van der Waals surface area (Å²) in [6.45, 7) is 4.81. The second kappa shape index (κ2) is 9.70. The van der Waals surface area contributed by atoms with Crippen LogP contribution in [0.1, 0.15) is 20.8 Å². The van der Waals surface area contributed by atoms with Gasteiger partial charge >= 0.3 is 16.2 Å². The number of ether oxygens (including phenoxy) is 1. The van der Waals surface area contributed by atoms with E-state index in [1.807, 2.05) is 0 Å². The summed E-state index contributed by atoms with van der Waals surface area (Å²) in [5.74, 6) is -0.355. The van der Waals surface area contributed by atoms with Crippen LogP contribution in [0.2, 0.25) is 0 Å². The Kier molecular flexibility index (Phi) is 6.66. The molecule has 2 amide bonds. The Morgan fingerprint density at radius 2 is 1.86 bits per heavy atom. The Morgan fingerprint density at radius 1 is 1.11 bits per heavy atom. The van der Waals surface area contributed by atoms with Gasteiger partial charge in [0.1, 0.15) is 22.8 Å². The van der Waals surface area contributed by atoms with Gasteiger partial charge in [-0.05, 0) is 57.2 Å². The molecule has 12 nitrogen and oxygen atoms in total. The Labute approximate surface area is 206 Å². The van der Waals surface area contributed by atoms with Crippen LogP contribution in [0.3, 0.4) is 0 Å². The summed E-state index contributed by atoms with van der Waals surface area (Å²) in [7, 11) is -4.09. The predicted molar refractivity (Wildman–Crippen MR) is 130 cm³/mol. The van der Waals surface area contributed by atoms with Gasteiger partial charge in [-0.1, -0.05) is 0 Å². The average molecular weight is 513 g/mol. The summed E-state index contributed by atoms with van der Waals surface area (Å²) in [4.78, 5) is 34.9. The van der Waals surface area contributed by atoms with E-state index in [4.69, 9.17) is 8.92 Å². The number of carbonyl (C=O) groups is 2. The van der Waals surface area contributed by atoms with E-state index in [0.717, 1.165) is 5.69 Å². The number of H-pyrrole nitrogens is 1. The summed E-state index contributed by atoms with van der Waals surface area (Å²) < 4.78 is 37.5. The fourth-order valence-electron chi connectivity index (χ4n) is 3.11. The highest BCUT2D eigenvalue weighted by Gasteiger charge is 2.19. The first kappa shape index (κ1) is 24.7. The summed E-state index contributed by atoms with van der Waals surface area (Å²) in [6, 6.07) is 10.6. The summed E-state index contributed by atoms with van der Waals surface area (Å²) in [5.41, 5.74) is 0.977. The molecular formula is C23H24N6O6S. The number of nitrogens with one attached hydrogen (secondary N) is 3. The monoisotopic (exact) mass is 512 g/mol. The molecule has 13 heteroatoms. The lowest BCUT2D eigenvalue weighted by Gasteiger charge is -2.19. The number of hydrogen-bond acceptors (Lipinski definition) is 8. The quantitative estimate of drug-likeness (QED) is 0.319. The molecule has 2 heterocycles. The van der Waals surface area contributed by atoms with Crippen LogP contribution in [0.5, 0.6) is 5.75 Å². The molecule has 2 aromatic heterocycles. The number of carbonyl (C=O) groups excluding carboxylic acids is 2. The number of alkyl carbamates (subject to hydrolysis) is 1. The van der Waals surface area contributed by atoms with E-state index in [0.29, 0.717) is 11.0 Å². The number of hydrogen-bond donors (Lipinski definition) is 3. The maximum atomic E-state index is 12.7. The van der Waals surface area contributed by atoms with Gasteiger partial charge in [0, 0.05) is 24.1 Å². The Balaban J connectivity index is 1.40. The van der Waals surface area contributed by atoms with E-state index >= 15 is 0 Å². The lowest BCUT2D eigenvalue weighted by Crippen LogP contribution is -2.37. The molecule has 4 aromatic rings. The van der Waals surface area contributed by atoms with Crippen molar-refractivity contribution in [2.45, 2.75) is 31.3 Å². The molecule has 2 aromatic carbocycles. The van der Waals surface area contributed by atoms with Crippen LogP contribution in [0, 0.1) is 0 Å². The van der Waals surface area contributed by atoms with E-state index in [1.165, 1.54) is 24.3 Å². The van der Waals surface area contributed by atoms with E-state index in [-0.39, 0.29) is 23.1 Å². The zero-order chi connectivity index (χ0) is 25.9. The third kappa shape index (κ3) is 6.18. The molecule has 4 rings (SSSR count). The third-order valence-electron chi connectivity index (χ3n) is 4.64. The van der Waals surface area contributed by atoms with Gasteiger partial charge in [-0.2, -0.15) is 8.42 Å². The summed E-state index contributed by atoms with van der Waals surface area (Å²) >= 11 is 0. The van der Waals surface area contributed by atoms with Crippen molar-refractivity contribution in [3.05, 3.63) is 61.2 Å². The van der Waals surface area contributed by atoms with Gasteiger partial charge in [-0.15, -0.1) is 0 Å². The highest BCUT2D eigenvalue weighted by Crippen LogP contribution is 2.24. The minimum atomic E-state index is -4.09. The van der Waals surface area contributed by atoms with E-state index in [2.05, 4.69) is 25.6 Å². The number of fused-ring (bicyclic) bond motifs is 1. The van der Waals surface area contributed by atoms with Crippen molar-refractivity contribution in [2.24, 2.45) is 0 Å². The molecule has 36 heavy (non-hydrogen) atoms. The predicted octanol–water partition coefficient (Wildman–Crippen LogP) is 2.98. The molecule has 0 aliphatic rings. The fraction of sp³-hybridized carbons (Fsp3) is 0.217. The summed E-state index contributed by atoms with van der Waals surface area (Å²) in [6.07, 6.45) is 4.25. The Hall–Kier alpha value is -4.39. The van der Waals surface area contributed by atoms with Crippen LogP contribution < -0.4 is 14.8 Å². The second-order valence-corrected chi connectivity index (χ2v) is 10.2. The van der Waals surface area contributed by atoms with Crippen molar-refractivity contribution in [1.29, 1.82) is 0 Å². The van der Waals surface area contributed by atoms with Gasteiger partial charge in [0.25, 0.3) is 0 Å². The van der Waals surface area contributed by atoms with Crippen molar-refractivity contribution in [3.63, 3.8) is 0 Å². The standard InChI is InChI=1S/C23H24N6O6S/c1-23(2,3)34-22(31)25-13-20(30)28-21-26-18-9-6-16(12-19(18)27-21)35-36(32,33)17-7-4-15(5-8-17)29-11-10-24-14-29/h4-12,14H,13H2,1-3H3,(H,25,31)(H2,26,27,28,30). The number of anilines is 1. The SMILES string of the molecule is CC(C)(C)OC(=O)NCC(=O)Nc1nc2cc(OS(=O)(=O)c3ccc(-n4ccnc4)cc3)ccc2[nH]1. The molecule has 188 valence electrons. The normalized spacial score (nSPS) is 11.8. The number of rotatable bonds is 7. The second-order valence-electron chi connectivity index (χ2n) is 8.67. The Bertz CT molecular complexity index is 1490. The molecule has 0 spiro atoms. The molecule has 0 aliphatic carbocycles. The van der Waals surface area contributed by atoms with Crippen LogP contribution in [-0.2, 0) is 19.6 Å². The number of nitrogens with zero attached hydrogens (tertiary/aromatic N) is 3. The first-order valence-corrected chi connectivity index (χ1v) is 12.2. The van der Waals surface area contributed by atoms with Crippen molar-refractivity contribution < 1.29 is 26.9 Å². The van der Waals surface area contributed by atoms with Gasteiger partial charge in [0.15, 0.2) is 0 Å². The molecule has 3 N–H and O–H groups in total. The lowest BCUT2D eigenvalue weighted by molar-refractivity contribution is -0.115. The van der Waals surface area contributed by atoms with Gasteiger partial charge < -0.3 is 23.8 Å². The maximum absolute atomic E-state index is 12.7. The highest BCUT2D eigenvalue weighted by atomic mass is 32.2. The minimum Gasteiger partial charge on any atom is -0.444 e.